The minimum atomic E-state index is -0.755. The number of benzene rings is 2. The van der Waals surface area contributed by atoms with E-state index in [1.807, 2.05) is 24.3 Å². The first kappa shape index (κ1) is 16.9. The Morgan fingerprint density at radius 3 is 2.76 bits per heavy atom. The lowest BCUT2D eigenvalue weighted by Crippen LogP contribution is -2.37. The van der Waals surface area contributed by atoms with Gasteiger partial charge in [0.2, 0.25) is 0 Å². The Hall–Kier alpha value is -2.93. The number of esters is 1. The first-order valence-corrected chi connectivity index (χ1v) is 7.71. The van der Waals surface area contributed by atoms with Crippen molar-refractivity contribution < 1.29 is 23.8 Å². The van der Waals surface area contributed by atoms with Gasteiger partial charge in [0, 0.05) is 6.42 Å². The van der Waals surface area contributed by atoms with Crippen molar-refractivity contribution >= 4 is 17.7 Å². The Labute approximate surface area is 143 Å². The highest BCUT2D eigenvalue weighted by Gasteiger charge is 2.32. The molecule has 0 aromatic heterocycles. The summed E-state index contributed by atoms with van der Waals surface area (Å²) in [6, 6.07) is 9.67. The van der Waals surface area contributed by atoms with Gasteiger partial charge in [-0.05, 0) is 29.3 Å². The van der Waals surface area contributed by atoms with Crippen LogP contribution in [0.5, 0.6) is 0 Å². The molecule has 7 heteroatoms. The number of amides is 2. The van der Waals surface area contributed by atoms with Crippen LogP contribution in [0.2, 0.25) is 0 Å². The third-order valence-electron chi connectivity index (χ3n) is 4.13. The SMILES string of the molecule is COC(=O)c1ccc(F)c(NC(=O)N[C@@H]2c3ccccc3C[C@@H]2O)c1. The maximum Gasteiger partial charge on any atom is 0.337 e. The second kappa shape index (κ2) is 6.90. The van der Waals surface area contributed by atoms with Crippen LogP contribution in [0.1, 0.15) is 27.5 Å². The number of nitrogens with one attached hydrogen (secondary N) is 2. The highest BCUT2D eigenvalue weighted by Crippen LogP contribution is 2.31. The number of halogens is 1. The Morgan fingerprint density at radius 2 is 2.00 bits per heavy atom. The van der Waals surface area contributed by atoms with Gasteiger partial charge in [0.15, 0.2) is 0 Å². The van der Waals surface area contributed by atoms with E-state index in [1.54, 1.807) is 0 Å². The number of aliphatic hydroxyl groups is 1. The van der Waals surface area contributed by atoms with Crippen molar-refractivity contribution in [2.75, 3.05) is 12.4 Å². The molecule has 0 spiro atoms. The second-order valence-electron chi connectivity index (χ2n) is 5.73. The second-order valence-corrected chi connectivity index (χ2v) is 5.73. The quantitative estimate of drug-likeness (QED) is 0.746. The molecule has 0 unspecified atom stereocenters. The molecule has 2 aromatic rings. The fourth-order valence-electron chi connectivity index (χ4n) is 2.91. The molecule has 0 heterocycles. The predicted molar refractivity (Wildman–Crippen MR) is 88.8 cm³/mol. The number of carbonyl (C=O) groups excluding carboxylic acids is 2. The van der Waals surface area contributed by atoms with Crippen molar-refractivity contribution in [2.24, 2.45) is 0 Å². The molecule has 1 aliphatic carbocycles. The summed E-state index contributed by atoms with van der Waals surface area (Å²) in [5.74, 6) is -1.32. The van der Waals surface area contributed by atoms with Crippen LogP contribution in [0.4, 0.5) is 14.9 Å². The summed E-state index contributed by atoms with van der Waals surface area (Å²) in [4.78, 5) is 23.7. The van der Waals surface area contributed by atoms with Gasteiger partial charge in [-0.3, -0.25) is 0 Å². The normalized spacial score (nSPS) is 18.4. The van der Waals surface area contributed by atoms with Crippen molar-refractivity contribution in [3.63, 3.8) is 0 Å². The first-order chi connectivity index (χ1) is 12.0. The van der Waals surface area contributed by atoms with Gasteiger partial charge in [-0.1, -0.05) is 24.3 Å². The van der Waals surface area contributed by atoms with E-state index in [9.17, 15) is 19.1 Å². The van der Waals surface area contributed by atoms with E-state index in [2.05, 4.69) is 15.4 Å². The third-order valence-corrected chi connectivity index (χ3v) is 4.13. The molecule has 0 bridgehead atoms. The maximum absolute atomic E-state index is 13.9. The van der Waals surface area contributed by atoms with E-state index in [1.165, 1.54) is 19.2 Å². The minimum absolute atomic E-state index is 0.116. The number of carbonyl (C=O) groups is 2. The van der Waals surface area contributed by atoms with Crippen LogP contribution in [0.3, 0.4) is 0 Å². The van der Waals surface area contributed by atoms with Crippen LogP contribution >= 0.6 is 0 Å². The zero-order valence-corrected chi connectivity index (χ0v) is 13.5. The van der Waals surface area contributed by atoms with E-state index >= 15 is 0 Å². The minimum Gasteiger partial charge on any atom is -0.465 e. The molecular weight excluding hydrogens is 327 g/mol. The van der Waals surface area contributed by atoms with E-state index in [4.69, 9.17) is 0 Å². The lowest BCUT2D eigenvalue weighted by molar-refractivity contribution is 0.0600. The highest BCUT2D eigenvalue weighted by atomic mass is 19.1. The van der Waals surface area contributed by atoms with Crippen LogP contribution in [0.25, 0.3) is 0 Å². The van der Waals surface area contributed by atoms with Gasteiger partial charge in [-0.15, -0.1) is 0 Å². The molecule has 1 aliphatic rings. The van der Waals surface area contributed by atoms with Crippen LogP contribution in [-0.2, 0) is 11.2 Å². The highest BCUT2D eigenvalue weighted by molar-refractivity contribution is 5.94. The smallest absolute Gasteiger partial charge is 0.337 e. The summed E-state index contributed by atoms with van der Waals surface area (Å²) in [5, 5.41) is 15.2. The Bertz CT molecular complexity index is 824. The molecule has 0 fully saturated rings. The lowest BCUT2D eigenvalue weighted by Gasteiger charge is -2.18. The lowest BCUT2D eigenvalue weighted by atomic mass is 10.1. The zero-order valence-electron chi connectivity index (χ0n) is 13.5. The van der Waals surface area contributed by atoms with Crippen molar-refractivity contribution in [2.45, 2.75) is 18.6 Å². The summed E-state index contributed by atoms with van der Waals surface area (Å²) in [6.45, 7) is 0. The number of rotatable bonds is 3. The number of anilines is 1. The van der Waals surface area contributed by atoms with Gasteiger partial charge in [-0.25, -0.2) is 14.0 Å². The Kier molecular flexibility index (Phi) is 4.67. The molecule has 130 valence electrons. The third kappa shape index (κ3) is 3.46. The number of methoxy groups -OCH3 is 1. The van der Waals surface area contributed by atoms with Gasteiger partial charge >= 0.3 is 12.0 Å². The maximum atomic E-state index is 13.9. The molecule has 3 rings (SSSR count). The van der Waals surface area contributed by atoms with Gasteiger partial charge < -0.3 is 20.5 Å². The molecule has 0 aliphatic heterocycles. The van der Waals surface area contributed by atoms with E-state index in [0.717, 1.165) is 17.2 Å². The zero-order chi connectivity index (χ0) is 18.0. The molecule has 25 heavy (non-hydrogen) atoms. The Morgan fingerprint density at radius 1 is 1.24 bits per heavy atom. The van der Waals surface area contributed by atoms with E-state index in [0.29, 0.717) is 6.42 Å². The monoisotopic (exact) mass is 344 g/mol. The fourth-order valence-corrected chi connectivity index (χ4v) is 2.91. The summed E-state index contributed by atoms with van der Waals surface area (Å²) in [7, 11) is 1.21. The van der Waals surface area contributed by atoms with Crippen LogP contribution in [-0.4, -0.2) is 30.3 Å². The first-order valence-electron chi connectivity index (χ1n) is 7.71. The average molecular weight is 344 g/mol. The molecule has 2 atom stereocenters. The van der Waals surface area contributed by atoms with Gasteiger partial charge in [0.1, 0.15) is 5.82 Å². The number of aliphatic hydroxyl groups excluding tert-OH is 1. The van der Waals surface area contributed by atoms with E-state index < -0.39 is 30.0 Å². The van der Waals surface area contributed by atoms with Crippen molar-refractivity contribution in [3.8, 4) is 0 Å². The Balaban J connectivity index is 1.74. The van der Waals surface area contributed by atoms with Crippen LogP contribution in [0, 0.1) is 5.82 Å². The molecule has 0 saturated carbocycles. The van der Waals surface area contributed by atoms with Gasteiger partial charge in [-0.2, -0.15) is 0 Å². The number of hydrogen-bond acceptors (Lipinski definition) is 4. The molecule has 6 nitrogen and oxygen atoms in total. The molecule has 0 saturated heterocycles. The predicted octanol–water partition coefficient (Wildman–Crippen LogP) is 2.39. The van der Waals surface area contributed by atoms with Crippen LogP contribution in [0.15, 0.2) is 42.5 Å². The number of hydrogen-bond donors (Lipinski definition) is 3. The molecule has 0 radical (unpaired) electrons. The topological polar surface area (TPSA) is 87.7 Å². The summed E-state index contributed by atoms with van der Waals surface area (Å²) in [6.07, 6.45) is -0.317. The number of ether oxygens (including phenoxy) is 1. The standard InChI is InChI=1S/C18H17FN2O4/c1-25-17(23)11-6-7-13(19)14(8-11)20-18(24)21-16-12-5-3-2-4-10(12)9-15(16)22/h2-8,15-16,22H,9H2,1H3,(H2,20,21,24)/t15-,16+/m0/s1. The van der Waals surface area contributed by atoms with Crippen molar-refractivity contribution in [3.05, 3.63) is 65.0 Å². The molecule has 2 amide bonds. The average Bonchev–Trinajstić information content (AvgIpc) is 2.92. The van der Waals surface area contributed by atoms with Crippen molar-refractivity contribution in [1.29, 1.82) is 0 Å². The molecule has 3 N–H and O–H groups in total. The number of fused-ring (bicyclic) bond motifs is 1. The summed E-state index contributed by atoms with van der Waals surface area (Å²) >= 11 is 0. The van der Waals surface area contributed by atoms with Crippen molar-refractivity contribution in [1.82, 2.24) is 5.32 Å². The van der Waals surface area contributed by atoms with Gasteiger partial charge in [0.05, 0.1) is 30.5 Å². The molecule has 2 aromatic carbocycles. The fraction of sp³-hybridized carbons (Fsp3) is 0.222. The van der Waals surface area contributed by atoms with Gasteiger partial charge in [0.25, 0.3) is 0 Å². The summed E-state index contributed by atoms with van der Waals surface area (Å²) in [5.41, 5.74) is 1.75. The van der Waals surface area contributed by atoms with Crippen LogP contribution < -0.4 is 10.6 Å². The largest absolute Gasteiger partial charge is 0.465 e. The molecular formula is C18H17FN2O4. The van der Waals surface area contributed by atoms with E-state index in [-0.39, 0.29) is 11.3 Å². The summed E-state index contributed by atoms with van der Waals surface area (Å²) < 4.78 is 18.5. The number of urea groups is 1.